The number of rotatable bonds is 11. The van der Waals surface area contributed by atoms with Crippen LogP contribution in [0.2, 0.25) is 5.04 Å². The highest BCUT2D eigenvalue weighted by atomic mass is 35.5. The number of ether oxygens (including phenoxy) is 4. The van der Waals surface area contributed by atoms with Crippen molar-refractivity contribution in [2.45, 2.75) is 55.8 Å². The smallest absolute Gasteiger partial charge is 0.338 e. The van der Waals surface area contributed by atoms with Gasteiger partial charge in [0, 0.05) is 0 Å². The lowest BCUT2D eigenvalue weighted by molar-refractivity contribution is -0.208. The second kappa shape index (κ2) is 16.7. The summed E-state index contributed by atoms with van der Waals surface area (Å²) in [7, 11) is -3.14. The Balaban J connectivity index is 1.43. The van der Waals surface area contributed by atoms with E-state index in [1.54, 1.807) is 91.0 Å². The minimum Gasteiger partial charge on any atom is -0.452 e. The van der Waals surface area contributed by atoms with Gasteiger partial charge in [-0.25, -0.2) is 14.4 Å². The number of carbonyl (C=O) groups is 3. The number of benzene rings is 5. The third kappa shape index (κ3) is 8.45. The fourth-order valence-corrected chi connectivity index (χ4v) is 11.6. The van der Waals surface area contributed by atoms with Crippen molar-refractivity contribution in [3.05, 3.63) is 168 Å². The first kappa shape index (κ1) is 37.7. The van der Waals surface area contributed by atoms with Crippen LogP contribution in [-0.2, 0) is 23.4 Å². The van der Waals surface area contributed by atoms with Gasteiger partial charge in [-0.2, -0.15) is 0 Å². The number of hydrogen-bond donors (Lipinski definition) is 0. The highest BCUT2D eigenvalue weighted by Gasteiger charge is 2.55. The second-order valence-electron chi connectivity index (χ2n) is 13.7. The van der Waals surface area contributed by atoms with Crippen LogP contribution in [0.25, 0.3) is 0 Å². The van der Waals surface area contributed by atoms with Gasteiger partial charge in [0.1, 0.15) is 6.10 Å². The number of carbonyl (C=O) groups excluding carboxylic acids is 3. The van der Waals surface area contributed by atoms with Crippen molar-refractivity contribution in [3.63, 3.8) is 0 Å². The standard InChI is InChI=1S/C43H41ClO8Si/c1-43(2,3)53(33-25-15-7-16-26-33,34-27-17-8-18-28-34)48-29-35-36(50-40(45)30-19-9-4-10-20-30)37(51-41(46)31-21-11-5-12-22-31)38(39(44)49-35)52-42(47)32-23-13-6-14-24-32/h4-28,35-39H,29H2,1-3H3/t35-,36+,37+,38-,39+/m1/s1. The zero-order valence-corrected chi connectivity index (χ0v) is 31.4. The van der Waals surface area contributed by atoms with Gasteiger partial charge in [-0.1, -0.05) is 148 Å². The van der Waals surface area contributed by atoms with E-state index in [4.69, 9.17) is 35.0 Å². The van der Waals surface area contributed by atoms with Gasteiger partial charge in [0.15, 0.2) is 23.9 Å². The monoisotopic (exact) mass is 748 g/mol. The number of halogens is 1. The maximum Gasteiger partial charge on any atom is 0.338 e. The average molecular weight is 749 g/mol. The van der Waals surface area contributed by atoms with Crippen LogP contribution < -0.4 is 10.4 Å². The Morgan fingerprint density at radius 1 is 0.547 bits per heavy atom. The third-order valence-electron chi connectivity index (χ3n) is 9.22. The van der Waals surface area contributed by atoms with E-state index in [0.29, 0.717) is 0 Å². The molecule has 0 saturated carbocycles. The van der Waals surface area contributed by atoms with Crippen LogP contribution in [0, 0.1) is 0 Å². The summed E-state index contributed by atoms with van der Waals surface area (Å²) in [4.78, 5) is 41.0. The van der Waals surface area contributed by atoms with Gasteiger partial charge in [-0.05, 0) is 51.8 Å². The van der Waals surface area contributed by atoms with Crippen LogP contribution in [0.3, 0.4) is 0 Å². The first-order valence-corrected chi connectivity index (χ1v) is 19.8. The first-order valence-electron chi connectivity index (χ1n) is 17.4. The summed E-state index contributed by atoms with van der Waals surface area (Å²) in [5.74, 6) is -2.15. The molecule has 10 heteroatoms. The molecule has 0 amide bonds. The molecule has 1 aliphatic heterocycles. The quantitative estimate of drug-likeness (QED) is 0.0606. The molecular formula is C43H41ClO8Si. The molecular weight excluding hydrogens is 708 g/mol. The molecule has 1 fully saturated rings. The number of hydrogen-bond acceptors (Lipinski definition) is 8. The van der Waals surface area contributed by atoms with Crippen molar-refractivity contribution in [2.24, 2.45) is 0 Å². The Hall–Kier alpha value is -5.06. The molecule has 1 saturated heterocycles. The van der Waals surface area contributed by atoms with E-state index in [-0.39, 0.29) is 23.3 Å². The van der Waals surface area contributed by atoms with Gasteiger partial charge in [0.05, 0.1) is 23.3 Å². The summed E-state index contributed by atoms with van der Waals surface area (Å²) in [5, 5.41) is 1.65. The van der Waals surface area contributed by atoms with Crippen molar-refractivity contribution in [3.8, 4) is 0 Å². The fourth-order valence-electron chi connectivity index (χ4n) is 6.67. The molecule has 0 aliphatic carbocycles. The van der Waals surface area contributed by atoms with Crippen LogP contribution in [0.4, 0.5) is 0 Å². The molecule has 0 radical (unpaired) electrons. The van der Waals surface area contributed by atoms with Crippen molar-refractivity contribution in [1.82, 2.24) is 0 Å². The molecule has 0 bridgehead atoms. The van der Waals surface area contributed by atoms with E-state index in [1.165, 1.54) is 0 Å². The molecule has 8 nitrogen and oxygen atoms in total. The summed E-state index contributed by atoms with van der Waals surface area (Å²) in [6.07, 6.45) is -5.16. The summed E-state index contributed by atoms with van der Waals surface area (Å²) in [6, 6.07) is 45.2. The molecule has 0 unspecified atom stereocenters. The summed E-state index contributed by atoms with van der Waals surface area (Å²) < 4.78 is 31.9. The van der Waals surface area contributed by atoms with Gasteiger partial charge in [-0.3, -0.25) is 0 Å². The Bertz CT molecular complexity index is 1920. The van der Waals surface area contributed by atoms with Crippen LogP contribution in [0.15, 0.2) is 152 Å². The molecule has 5 aromatic carbocycles. The third-order valence-corrected chi connectivity index (χ3v) is 14.6. The minimum absolute atomic E-state index is 0.109. The average Bonchev–Trinajstić information content (AvgIpc) is 3.18. The maximum absolute atomic E-state index is 13.8. The topological polar surface area (TPSA) is 97.4 Å². The fraction of sp³-hybridized carbons (Fsp3) is 0.233. The second-order valence-corrected chi connectivity index (χ2v) is 18.4. The summed E-state index contributed by atoms with van der Waals surface area (Å²) in [6.45, 7) is 6.31. The van der Waals surface area contributed by atoms with E-state index in [9.17, 15) is 14.4 Å². The molecule has 5 atom stereocenters. The first-order chi connectivity index (χ1) is 25.6. The van der Waals surface area contributed by atoms with Gasteiger partial charge in [0.2, 0.25) is 0 Å². The Labute approximate surface area is 315 Å². The number of alkyl halides is 1. The zero-order valence-electron chi connectivity index (χ0n) is 29.7. The van der Waals surface area contributed by atoms with E-state index in [1.807, 2.05) is 36.4 Å². The molecule has 272 valence electrons. The molecule has 0 spiro atoms. The highest BCUT2D eigenvalue weighted by Crippen LogP contribution is 2.38. The van der Waals surface area contributed by atoms with Crippen LogP contribution >= 0.6 is 11.6 Å². The van der Waals surface area contributed by atoms with E-state index in [0.717, 1.165) is 10.4 Å². The van der Waals surface area contributed by atoms with E-state index in [2.05, 4.69) is 45.0 Å². The minimum atomic E-state index is -3.14. The largest absolute Gasteiger partial charge is 0.452 e. The molecule has 0 aromatic heterocycles. The van der Waals surface area contributed by atoms with Crippen molar-refractivity contribution >= 4 is 48.2 Å². The molecule has 1 heterocycles. The molecule has 6 rings (SSSR count). The van der Waals surface area contributed by atoms with Crippen LogP contribution in [0.1, 0.15) is 51.8 Å². The molecule has 53 heavy (non-hydrogen) atoms. The van der Waals surface area contributed by atoms with Gasteiger partial charge < -0.3 is 23.4 Å². The van der Waals surface area contributed by atoms with Crippen LogP contribution in [-0.4, -0.2) is 62.8 Å². The number of esters is 3. The van der Waals surface area contributed by atoms with E-state index < -0.39 is 61.2 Å². The Morgan fingerprint density at radius 2 is 0.887 bits per heavy atom. The van der Waals surface area contributed by atoms with Crippen LogP contribution in [0.5, 0.6) is 0 Å². The lowest BCUT2D eigenvalue weighted by Gasteiger charge is -2.46. The van der Waals surface area contributed by atoms with Gasteiger partial charge in [-0.15, -0.1) is 0 Å². The SMILES string of the molecule is CC(C)(C)[Si](OC[C@H]1O[C@H](Cl)[C@H](OC(=O)c2ccccc2)[C@@H](OC(=O)c2ccccc2)[C@H]1OC(=O)c1ccccc1)(c1ccccc1)c1ccccc1. The van der Waals surface area contributed by atoms with Crippen molar-refractivity contribution in [2.75, 3.05) is 6.61 Å². The Kier molecular flexibility index (Phi) is 11.9. The molecule has 5 aromatic rings. The Morgan fingerprint density at radius 3 is 1.26 bits per heavy atom. The highest BCUT2D eigenvalue weighted by molar-refractivity contribution is 6.99. The maximum atomic E-state index is 13.8. The lowest BCUT2D eigenvalue weighted by Crippen LogP contribution is -2.68. The van der Waals surface area contributed by atoms with Crippen molar-refractivity contribution in [1.29, 1.82) is 0 Å². The van der Waals surface area contributed by atoms with Gasteiger partial charge >= 0.3 is 17.9 Å². The molecule has 0 N–H and O–H groups in total. The predicted octanol–water partition coefficient (Wildman–Crippen LogP) is 7.20. The lowest BCUT2D eigenvalue weighted by atomic mass is 9.98. The predicted molar refractivity (Wildman–Crippen MR) is 205 cm³/mol. The van der Waals surface area contributed by atoms with Crippen molar-refractivity contribution < 1.29 is 37.8 Å². The normalized spacial score (nSPS) is 20.2. The molecule has 1 aliphatic rings. The zero-order chi connectivity index (χ0) is 37.4. The van der Waals surface area contributed by atoms with E-state index >= 15 is 0 Å². The summed E-state index contributed by atoms with van der Waals surface area (Å²) >= 11 is 6.95. The van der Waals surface area contributed by atoms with Gasteiger partial charge in [0.25, 0.3) is 8.32 Å². The summed E-state index contributed by atoms with van der Waals surface area (Å²) in [5.41, 5.74) is -0.570.